The van der Waals surface area contributed by atoms with Crippen LogP contribution in [0.5, 0.6) is 0 Å². The molecule has 0 saturated heterocycles. The van der Waals surface area contributed by atoms with Crippen LogP contribution in [0.2, 0.25) is 0 Å². The maximum absolute atomic E-state index is 8.91. The predicted molar refractivity (Wildman–Crippen MR) is 64.0 cm³/mol. The summed E-state index contributed by atoms with van der Waals surface area (Å²) in [4.78, 5) is 6.35. The summed E-state index contributed by atoms with van der Waals surface area (Å²) in [5, 5.41) is 8.91. The standard InChI is InChI=1S/C12H16N4/c1-8(9-3-4-9)16(2)12-11(14)10(7-13)5-6-15-12/h5-6,8-9H,3-4,14H2,1-2H3. The molecular weight excluding hydrogens is 200 g/mol. The van der Waals surface area contributed by atoms with Crippen LogP contribution in [0.3, 0.4) is 0 Å². The fraction of sp³-hybridized carbons (Fsp3) is 0.500. The average Bonchev–Trinajstić information content (AvgIpc) is 3.11. The minimum Gasteiger partial charge on any atom is -0.395 e. The van der Waals surface area contributed by atoms with Crippen LogP contribution in [0.4, 0.5) is 11.5 Å². The molecule has 84 valence electrons. The minimum absolute atomic E-state index is 0.434. The van der Waals surface area contributed by atoms with Crippen molar-refractivity contribution in [1.82, 2.24) is 4.98 Å². The van der Waals surface area contributed by atoms with Gasteiger partial charge in [0.1, 0.15) is 6.07 Å². The van der Waals surface area contributed by atoms with Crippen molar-refractivity contribution in [2.75, 3.05) is 17.7 Å². The Balaban J connectivity index is 2.29. The van der Waals surface area contributed by atoms with Crippen molar-refractivity contribution in [1.29, 1.82) is 5.26 Å². The molecule has 1 aromatic rings. The fourth-order valence-electron chi connectivity index (χ4n) is 1.93. The molecule has 0 amide bonds. The van der Waals surface area contributed by atoms with E-state index in [4.69, 9.17) is 11.0 Å². The van der Waals surface area contributed by atoms with Gasteiger partial charge in [-0.15, -0.1) is 0 Å². The third-order valence-corrected chi connectivity index (χ3v) is 3.34. The molecule has 1 fully saturated rings. The molecule has 1 heterocycles. The van der Waals surface area contributed by atoms with Gasteiger partial charge in [-0.1, -0.05) is 0 Å². The van der Waals surface area contributed by atoms with E-state index in [0.29, 0.717) is 17.3 Å². The number of anilines is 2. The number of nitrogen functional groups attached to an aromatic ring is 1. The van der Waals surface area contributed by atoms with Crippen LogP contribution < -0.4 is 10.6 Å². The van der Waals surface area contributed by atoms with E-state index in [9.17, 15) is 0 Å². The summed E-state index contributed by atoms with van der Waals surface area (Å²) in [5.41, 5.74) is 6.91. The maximum atomic E-state index is 8.91. The molecule has 0 aliphatic heterocycles. The number of nitriles is 1. The van der Waals surface area contributed by atoms with Crippen LogP contribution in [-0.2, 0) is 0 Å². The van der Waals surface area contributed by atoms with Gasteiger partial charge in [0.15, 0.2) is 5.82 Å². The van der Waals surface area contributed by atoms with E-state index in [1.54, 1.807) is 12.3 Å². The molecule has 2 rings (SSSR count). The van der Waals surface area contributed by atoms with Gasteiger partial charge >= 0.3 is 0 Å². The summed E-state index contributed by atoms with van der Waals surface area (Å²) >= 11 is 0. The van der Waals surface area contributed by atoms with Gasteiger partial charge in [0, 0.05) is 19.3 Å². The highest BCUT2D eigenvalue weighted by Crippen LogP contribution is 2.37. The van der Waals surface area contributed by atoms with Gasteiger partial charge in [0.25, 0.3) is 0 Å². The van der Waals surface area contributed by atoms with E-state index in [1.807, 2.05) is 7.05 Å². The molecule has 1 aliphatic rings. The average molecular weight is 216 g/mol. The molecule has 16 heavy (non-hydrogen) atoms. The van der Waals surface area contributed by atoms with Crippen molar-refractivity contribution in [3.8, 4) is 6.07 Å². The van der Waals surface area contributed by atoms with E-state index in [-0.39, 0.29) is 0 Å². The van der Waals surface area contributed by atoms with Crippen molar-refractivity contribution in [3.63, 3.8) is 0 Å². The van der Waals surface area contributed by atoms with Gasteiger partial charge < -0.3 is 10.6 Å². The van der Waals surface area contributed by atoms with Crippen molar-refractivity contribution in [3.05, 3.63) is 17.8 Å². The number of pyridine rings is 1. The largest absolute Gasteiger partial charge is 0.395 e. The molecule has 1 unspecified atom stereocenters. The monoisotopic (exact) mass is 216 g/mol. The van der Waals surface area contributed by atoms with Crippen LogP contribution in [0.1, 0.15) is 25.3 Å². The minimum atomic E-state index is 0.434. The van der Waals surface area contributed by atoms with Gasteiger partial charge in [-0.05, 0) is 31.7 Å². The zero-order valence-corrected chi connectivity index (χ0v) is 9.64. The lowest BCUT2D eigenvalue weighted by Gasteiger charge is -2.27. The van der Waals surface area contributed by atoms with Crippen molar-refractivity contribution in [2.24, 2.45) is 5.92 Å². The molecular formula is C12H16N4. The van der Waals surface area contributed by atoms with E-state index in [1.165, 1.54) is 12.8 Å². The number of hydrogen-bond donors (Lipinski definition) is 1. The smallest absolute Gasteiger partial charge is 0.153 e. The Labute approximate surface area is 95.7 Å². The summed E-state index contributed by atoms with van der Waals surface area (Å²) < 4.78 is 0. The van der Waals surface area contributed by atoms with Crippen LogP contribution in [0.25, 0.3) is 0 Å². The molecule has 2 N–H and O–H groups in total. The first-order chi connectivity index (χ1) is 7.65. The number of nitrogens with two attached hydrogens (primary N) is 1. The highest BCUT2D eigenvalue weighted by Gasteiger charge is 2.31. The summed E-state index contributed by atoms with van der Waals surface area (Å²) in [5.74, 6) is 1.47. The Morgan fingerprint density at radius 3 is 2.88 bits per heavy atom. The lowest BCUT2D eigenvalue weighted by Crippen LogP contribution is -2.32. The third-order valence-electron chi connectivity index (χ3n) is 3.34. The van der Waals surface area contributed by atoms with Crippen LogP contribution >= 0.6 is 0 Å². The van der Waals surface area contributed by atoms with E-state index < -0.39 is 0 Å². The molecule has 0 bridgehead atoms. The number of hydrogen-bond acceptors (Lipinski definition) is 4. The van der Waals surface area contributed by atoms with Gasteiger partial charge in [0.05, 0.1) is 11.3 Å². The highest BCUT2D eigenvalue weighted by atomic mass is 15.2. The molecule has 1 atom stereocenters. The summed E-state index contributed by atoms with van der Waals surface area (Å²) in [7, 11) is 1.99. The number of nitrogens with zero attached hydrogens (tertiary/aromatic N) is 3. The van der Waals surface area contributed by atoms with Gasteiger partial charge in [-0.3, -0.25) is 0 Å². The van der Waals surface area contributed by atoms with Crippen LogP contribution in [0, 0.1) is 17.2 Å². The summed E-state index contributed by atoms with van der Waals surface area (Å²) in [6.45, 7) is 2.18. The van der Waals surface area contributed by atoms with Gasteiger partial charge in [-0.25, -0.2) is 4.98 Å². The van der Waals surface area contributed by atoms with Crippen molar-refractivity contribution < 1.29 is 0 Å². The normalized spacial score (nSPS) is 16.6. The van der Waals surface area contributed by atoms with Crippen molar-refractivity contribution in [2.45, 2.75) is 25.8 Å². The van der Waals surface area contributed by atoms with E-state index >= 15 is 0 Å². The number of rotatable bonds is 3. The molecule has 0 aromatic carbocycles. The second-order valence-corrected chi connectivity index (χ2v) is 4.40. The second kappa shape index (κ2) is 4.01. The first-order valence-corrected chi connectivity index (χ1v) is 5.52. The fourth-order valence-corrected chi connectivity index (χ4v) is 1.93. The van der Waals surface area contributed by atoms with Crippen LogP contribution in [0.15, 0.2) is 12.3 Å². The molecule has 1 saturated carbocycles. The summed E-state index contributed by atoms with van der Waals surface area (Å²) in [6.07, 6.45) is 4.20. The predicted octanol–water partition coefficient (Wildman–Crippen LogP) is 1.77. The molecule has 4 heteroatoms. The topological polar surface area (TPSA) is 65.9 Å². The first-order valence-electron chi connectivity index (χ1n) is 5.52. The van der Waals surface area contributed by atoms with Crippen molar-refractivity contribution >= 4 is 11.5 Å². The number of aromatic nitrogens is 1. The lowest BCUT2D eigenvalue weighted by atomic mass is 10.1. The molecule has 0 radical (unpaired) electrons. The zero-order valence-electron chi connectivity index (χ0n) is 9.64. The molecule has 0 spiro atoms. The Hall–Kier alpha value is -1.76. The van der Waals surface area contributed by atoms with E-state index in [2.05, 4.69) is 22.9 Å². The molecule has 1 aliphatic carbocycles. The van der Waals surface area contributed by atoms with Gasteiger partial charge in [-0.2, -0.15) is 5.26 Å². The van der Waals surface area contributed by atoms with E-state index in [0.717, 1.165) is 11.7 Å². The van der Waals surface area contributed by atoms with Crippen LogP contribution in [-0.4, -0.2) is 18.1 Å². The Kier molecular flexibility index (Phi) is 2.69. The Morgan fingerprint density at radius 2 is 2.31 bits per heavy atom. The highest BCUT2D eigenvalue weighted by molar-refractivity contribution is 5.70. The first kappa shape index (κ1) is 10.7. The Morgan fingerprint density at radius 1 is 1.62 bits per heavy atom. The second-order valence-electron chi connectivity index (χ2n) is 4.40. The maximum Gasteiger partial charge on any atom is 0.153 e. The SMILES string of the molecule is CC(C1CC1)N(C)c1nccc(C#N)c1N. The Bertz CT molecular complexity index is 431. The third kappa shape index (κ3) is 1.81. The quantitative estimate of drug-likeness (QED) is 0.836. The zero-order chi connectivity index (χ0) is 11.7. The lowest BCUT2D eigenvalue weighted by molar-refractivity contribution is 0.604. The molecule has 4 nitrogen and oxygen atoms in total. The molecule has 1 aromatic heterocycles. The summed E-state index contributed by atoms with van der Waals surface area (Å²) in [6, 6.07) is 4.16. The van der Waals surface area contributed by atoms with Gasteiger partial charge in [0.2, 0.25) is 0 Å².